The molecule has 20 heavy (non-hydrogen) atoms. The zero-order valence-corrected chi connectivity index (χ0v) is 15.0. The Morgan fingerprint density at radius 3 is 2.20 bits per heavy atom. The van der Waals surface area contributed by atoms with Crippen molar-refractivity contribution in [3.05, 3.63) is 0 Å². The summed E-state index contributed by atoms with van der Waals surface area (Å²) in [5, 5.41) is 3.76. The molecule has 0 aromatic heterocycles. The first kappa shape index (κ1) is 18.0. The number of rotatable bonds is 7. The fourth-order valence-corrected chi connectivity index (χ4v) is 3.79. The molecule has 1 saturated carbocycles. The maximum absolute atomic E-state index is 3.76. The van der Waals surface area contributed by atoms with E-state index in [9.17, 15) is 0 Å². The third-order valence-electron chi connectivity index (χ3n) is 5.38. The SMILES string of the molecule is CCCCC1(CNCC(C)C)CCC(C(C)(C)C)CC1. The van der Waals surface area contributed by atoms with Crippen molar-refractivity contribution in [2.75, 3.05) is 13.1 Å². The molecule has 1 fully saturated rings. The first-order valence-electron chi connectivity index (χ1n) is 9.00. The van der Waals surface area contributed by atoms with Gasteiger partial charge in [0.1, 0.15) is 0 Å². The quantitative estimate of drug-likeness (QED) is 0.636. The highest BCUT2D eigenvalue weighted by atomic mass is 14.9. The van der Waals surface area contributed by atoms with Crippen LogP contribution in [-0.2, 0) is 0 Å². The summed E-state index contributed by atoms with van der Waals surface area (Å²) in [6.45, 7) is 16.6. The normalized spacial score (nSPS) is 28.1. The zero-order valence-electron chi connectivity index (χ0n) is 15.0. The number of hydrogen-bond acceptors (Lipinski definition) is 1. The van der Waals surface area contributed by atoms with Crippen molar-refractivity contribution in [2.45, 2.75) is 86.5 Å². The van der Waals surface area contributed by atoms with E-state index in [0.717, 1.165) is 11.8 Å². The molecule has 0 amide bonds. The van der Waals surface area contributed by atoms with Crippen LogP contribution in [0.25, 0.3) is 0 Å². The summed E-state index contributed by atoms with van der Waals surface area (Å²) in [7, 11) is 0. The Kier molecular flexibility index (Phi) is 7.04. The van der Waals surface area contributed by atoms with E-state index in [-0.39, 0.29) is 0 Å². The lowest BCUT2D eigenvalue weighted by molar-refractivity contribution is 0.0774. The Morgan fingerprint density at radius 1 is 1.15 bits per heavy atom. The van der Waals surface area contributed by atoms with E-state index in [1.165, 1.54) is 58.0 Å². The van der Waals surface area contributed by atoms with Gasteiger partial charge in [-0.3, -0.25) is 0 Å². The van der Waals surface area contributed by atoms with Gasteiger partial charge in [0.15, 0.2) is 0 Å². The van der Waals surface area contributed by atoms with Crippen LogP contribution < -0.4 is 5.32 Å². The second-order valence-electron chi connectivity index (χ2n) is 8.77. The highest BCUT2D eigenvalue weighted by Crippen LogP contribution is 2.47. The number of hydrogen-bond donors (Lipinski definition) is 1. The van der Waals surface area contributed by atoms with Crippen LogP contribution in [0.5, 0.6) is 0 Å². The van der Waals surface area contributed by atoms with E-state index in [1.54, 1.807) is 0 Å². The highest BCUT2D eigenvalue weighted by molar-refractivity contribution is 4.90. The molecule has 0 radical (unpaired) electrons. The fraction of sp³-hybridized carbons (Fsp3) is 1.00. The average molecular weight is 282 g/mol. The molecule has 0 aliphatic heterocycles. The second-order valence-corrected chi connectivity index (χ2v) is 8.77. The monoisotopic (exact) mass is 281 g/mol. The Hall–Kier alpha value is -0.0400. The number of nitrogens with one attached hydrogen (secondary N) is 1. The van der Waals surface area contributed by atoms with Gasteiger partial charge in [-0.1, -0.05) is 54.4 Å². The Labute approximate surface area is 128 Å². The summed E-state index contributed by atoms with van der Waals surface area (Å²) >= 11 is 0. The van der Waals surface area contributed by atoms with Gasteiger partial charge in [-0.05, 0) is 61.3 Å². The molecular weight excluding hydrogens is 242 g/mol. The lowest BCUT2D eigenvalue weighted by Crippen LogP contribution is -2.40. The van der Waals surface area contributed by atoms with Crippen molar-refractivity contribution in [2.24, 2.45) is 22.7 Å². The summed E-state index contributed by atoms with van der Waals surface area (Å²) in [5.74, 6) is 1.70. The predicted molar refractivity (Wildman–Crippen MR) is 91.1 cm³/mol. The maximum Gasteiger partial charge on any atom is 0.000792 e. The highest BCUT2D eigenvalue weighted by Gasteiger charge is 2.37. The van der Waals surface area contributed by atoms with Crippen LogP contribution in [0, 0.1) is 22.7 Å². The van der Waals surface area contributed by atoms with Crippen molar-refractivity contribution in [1.82, 2.24) is 5.32 Å². The molecule has 0 unspecified atom stereocenters. The maximum atomic E-state index is 3.76. The molecule has 0 saturated heterocycles. The summed E-state index contributed by atoms with van der Waals surface area (Å²) < 4.78 is 0. The minimum absolute atomic E-state index is 0.502. The minimum atomic E-state index is 0.502. The second kappa shape index (κ2) is 7.82. The van der Waals surface area contributed by atoms with Crippen LogP contribution in [0.15, 0.2) is 0 Å². The zero-order chi connectivity index (χ0) is 15.2. The van der Waals surface area contributed by atoms with E-state index in [0.29, 0.717) is 10.8 Å². The molecule has 0 spiro atoms. The van der Waals surface area contributed by atoms with Gasteiger partial charge in [-0.15, -0.1) is 0 Å². The number of unbranched alkanes of at least 4 members (excludes halogenated alkanes) is 1. The van der Waals surface area contributed by atoms with Crippen LogP contribution in [0.3, 0.4) is 0 Å². The van der Waals surface area contributed by atoms with Crippen LogP contribution in [0.1, 0.15) is 86.5 Å². The summed E-state index contributed by atoms with van der Waals surface area (Å²) in [5.41, 5.74) is 1.11. The molecular formula is C19H39N. The minimum Gasteiger partial charge on any atom is -0.316 e. The summed E-state index contributed by atoms with van der Waals surface area (Å²) in [6, 6.07) is 0. The van der Waals surface area contributed by atoms with E-state index >= 15 is 0 Å². The van der Waals surface area contributed by atoms with Gasteiger partial charge < -0.3 is 5.32 Å². The molecule has 1 aliphatic rings. The van der Waals surface area contributed by atoms with Crippen molar-refractivity contribution < 1.29 is 0 Å². The molecule has 1 N–H and O–H groups in total. The standard InChI is InChI=1S/C19H39N/c1-7-8-11-19(15-20-14-16(2)3)12-9-17(10-13-19)18(4,5)6/h16-17,20H,7-15H2,1-6H3. The first-order valence-corrected chi connectivity index (χ1v) is 9.00. The Balaban J connectivity index is 2.53. The fourth-order valence-electron chi connectivity index (χ4n) is 3.79. The Bertz CT molecular complexity index is 253. The molecule has 120 valence electrons. The van der Waals surface area contributed by atoms with Gasteiger partial charge in [0.25, 0.3) is 0 Å². The van der Waals surface area contributed by atoms with Gasteiger partial charge in [-0.25, -0.2) is 0 Å². The van der Waals surface area contributed by atoms with Crippen molar-refractivity contribution in [3.8, 4) is 0 Å². The summed E-state index contributed by atoms with van der Waals surface area (Å²) in [6.07, 6.45) is 9.96. The van der Waals surface area contributed by atoms with E-state index < -0.39 is 0 Å². The molecule has 0 aromatic rings. The molecule has 1 rings (SSSR count). The van der Waals surface area contributed by atoms with Crippen LogP contribution in [-0.4, -0.2) is 13.1 Å². The van der Waals surface area contributed by atoms with Gasteiger partial charge in [0, 0.05) is 6.54 Å². The van der Waals surface area contributed by atoms with Crippen LogP contribution in [0.2, 0.25) is 0 Å². The van der Waals surface area contributed by atoms with Gasteiger partial charge in [0.2, 0.25) is 0 Å². The topological polar surface area (TPSA) is 12.0 Å². The van der Waals surface area contributed by atoms with Gasteiger partial charge in [0.05, 0.1) is 0 Å². The lowest BCUT2D eigenvalue weighted by Gasteiger charge is -2.44. The lowest BCUT2D eigenvalue weighted by atomic mass is 9.62. The smallest absolute Gasteiger partial charge is 0.000792 e. The summed E-state index contributed by atoms with van der Waals surface area (Å²) in [4.78, 5) is 0. The molecule has 1 heteroatoms. The predicted octanol–water partition coefficient (Wildman–Crippen LogP) is 5.64. The van der Waals surface area contributed by atoms with Gasteiger partial charge in [-0.2, -0.15) is 0 Å². The average Bonchev–Trinajstić information content (AvgIpc) is 2.35. The molecule has 0 aromatic carbocycles. The van der Waals surface area contributed by atoms with Crippen molar-refractivity contribution in [1.29, 1.82) is 0 Å². The molecule has 1 aliphatic carbocycles. The van der Waals surface area contributed by atoms with Crippen molar-refractivity contribution in [3.63, 3.8) is 0 Å². The van der Waals surface area contributed by atoms with Crippen molar-refractivity contribution >= 4 is 0 Å². The third-order valence-corrected chi connectivity index (χ3v) is 5.38. The van der Waals surface area contributed by atoms with E-state index in [1.807, 2.05) is 0 Å². The van der Waals surface area contributed by atoms with Crippen LogP contribution in [0.4, 0.5) is 0 Å². The molecule has 0 heterocycles. The molecule has 0 atom stereocenters. The van der Waals surface area contributed by atoms with Gasteiger partial charge >= 0.3 is 0 Å². The van der Waals surface area contributed by atoms with E-state index in [4.69, 9.17) is 0 Å². The Morgan fingerprint density at radius 2 is 1.75 bits per heavy atom. The van der Waals surface area contributed by atoms with E-state index in [2.05, 4.69) is 46.9 Å². The third kappa shape index (κ3) is 5.76. The largest absolute Gasteiger partial charge is 0.316 e. The molecule has 1 nitrogen and oxygen atoms in total. The van der Waals surface area contributed by atoms with Crippen LogP contribution >= 0.6 is 0 Å². The molecule has 0 bridgehead atoms. The first-order chi connectivity index (χ1) is 9.29.